The van der Waals surface area contributed by atoms with Crippen LogP contribution in [0.25, 0.3) is 5.65 Å². The first-order chi connectivity index (χ1) is 13.2. The molecule has 1 aliphatic rings. The fourth-order valence-corrected chi connectivity index (χ4v) is 3.51. The van der Waals surface area contributed by atoms with E-state index in [1.165, 1.54) is 0 Å². The minimum Gasteiger partial charge on any atom is -0.487 e. The number of imidazole rings is 1. The van der Waals surface area contributed by atoms with Crippen molar-refractivity contribution in [1.82, 2.24) is 19.6 Å². The highest BCUT2D eigenvalue weighted by atomic mass is 35.5. The highest BCUT2D eigenvalue weighted by Gasteiger charge is 2.23. The van der Waals surface area contributed by atoms with Gasteiger partial charge in [-0.2, -0.15) is 0 Å². The van der Waals surface area contributed by atoms with Gasteiger partial charge in [-0.3, -0.25) is 4.79 Å². The number of halogens is 2. The molecule has 0 bridgehead atoms. The monoisotopic (exact) mass is 436 g/mol. The Kier molecular flexibility index (Phi) is 8.32. The Balaban J connectivity index is 0.00000150. The molecule has 29 heavy (non-hydrogen) atoms. The average Bonchev–Trinajstić information content (AvgIpc) is 3.15. The number of benzene rings is 1. The second kappa shape index (κ2) is 10.5. The van der Waals surface area contributed by atoms with Gasteiger partial charge >= 0.3 is 0 Å². The lowest BCUT2D eigenvalue weighted by Gasteiger charge is -2.32. The summed E-state index contributed by atoms with van der Waals surface area (Å²) in [6, 6.07) is 13.7. The van der Waals surface area contributed by atoms with E-state index in [0.29, 0.717) is 24.0 Å². The molecule has 1 aliphatic heterocycles. The third-order valence-corrected chi connectivity index (χ3v) is 5.00. The van der Waals surface area contributed by atoms with Gasteiger partial charge in [0.2, 0.25) is 0 Å². The van der Waals surface area contributed by atoms with E-state index in [0.717, 1.165) is 37.3 Å². The van der Waals surface area contributed by atoms with Crippen LogP contribution in [-0.2, 0) is 6.61 Å². The van der Waals surface area contributed by atoms with E-state index in [1.807, 2.05) is 71.2 Å². The molecule has 1 aromatic carbocycles. The number of rotatable bonds is 5. The fourth-order valence-electron chi connectivity index (χ4n) is 3.51. The van der Waals surface area contributed by atoms with Gasteiger partial charge in [0.25, 0.3) is 5.91 Å². The van der Waals surface area contributed by atoms with E-state index in [9.17, 15) is 4.79 Å². The van der Waals surface area contributed by atoms with Crippen LogP contribution in [0.3, 0.4) is 0 Å². The second-order valence-corrected chi connectivity index (χ2v) is 6.89. The molecule has 0 radical (unpaired) electrons. The lowest BCUT2D eigenvalue weighted by atomic mass is 10.0. The smallest absolute Gasteiger partial charge is 0.254 e. The van der Waals surface area contributed by atoms with Crippen molar-refractivity contribution in [2.24, 2.45) is 0 Å². The number of pyridine rings is 1. The number of aromatic nitrogens is 2. The summed E-state index contributed by atoms with van der Waals surface area (Å²) in [5.41, 5.74) is 2.41. The number of hydrogen-bond acceptors (Lipinski definition) is 4. The van der Waals surface area contributed by atoms with Crippen molar-refractivity contribution in [3.63, 3.8) is 0 Å². The summed E-state index contributed by atoms with van der Waals surface area (Å²) in [6.45, 7) is 1.93. The maximum Gasteiger partial charge on any atom is 0.254 e. The van der Waals surface area contributed by atoms with Gasteiger partial charge in [0.15, 0.2) is 0 Å². The van der Waals surface area contributed by atoms with Crippen LogP contribution in [0.1, 0.15) is 28.9 Å². The third-order valence-electron chi connectivity index (χ3n) is 5.00. The van der Waals surface area contributed by atoms with Crippen molar-refractivity contribution in [1.29, 1.82) is 0 Å². The predicted octanol–water partition coefficient (Wildman–Crippen LogP) is 3.58. The molecule has 4 rings (SSSR count). The standard InChI is InChI=1S/C21H24N4O2.2ClH/c1-22-17-7-5-11-25(13-17)21(26)16-6-4-8-19(12-16)27-15-18-14-24-10-3-2-9-20(24)23-18;;/h2-4,6,8-10,12,14,17,22H,5,7,11,13,15H2,1H3;2*1H. The van der Waals surface area contributed by atoms with Crippen molar-refractivity contribution in [2.75, 3.05) is 20.1 Å². The first-order valence-corrected chi connectivity index (χ1v) is 9.35. The third kappa shape index (κ3) is 5.41. The maximum absolute atomic E-state index is 12.8. The highest BCUT2D eigenvalue weighted by Crippen LogP contribution is 2.19. The number of likely N-dealkylation sites (N-methyl/N-ethyl adjacent to an activating group) is 1. The maximum atomic E-state index is 12.8. The van der Waals surface area contributed by atoms with Crippen LogP contribution < -0.4 is 10.1 Å². The molecular weight excluding hydrogens is 411 g/mol. The molecule has 1 unspecified atom stereocenters. The molecular formula is C21H26Cl2N4O2. The van der Waals surface area contributed by atoms with Crippen molar-refractivity contribution in [3.8, 4) is 5.75 Å². The Bertz CT molecular complexity index is 914. The van der Waals surface area contributed by atoms with Crippen LogP contribution in [0.15, 0.2) is 54.9 Å². The number of likely N-dealkylation sites (tertiary alicyclic amines) is 1. The summed E-state index contributed by atoms with van der Waals surface area (Å²) in [7, 11) is 1.95. The molecule has 0 spiro atoms. The molecule has 1 saturated heterocycles. The van der Waals surface area contributed by atoms with E-state index >= 15 is 0 Å². The minimum atomic E-state index is 0. The number of fused-ring (bicyclic) bond motifs is 1. The number of ether oxygens (including phenoxy) is 1. The first-order valence-electron chi connectivity index (χ1n) is 9.35. The van der Waals surface area contributed by atoms with E-state index in [-0.39, 0.29) is 30.7 Å². The number of amides is 1. The molecule has 1 amide bonds. The van der Waals surface area contributed by atoms with Gasteiger partial charge in [-0.15, -0.1) is 24.8 Å². The molecule has 0 saturated carbocycles. The van der Waals surface area contributed by atoms with E-state index in [4.69, 9.17) is 4.74 Å². The number of carbonyl (C=O) groups excluding carboxylic acids is 1. The van der Waals surface area contributed by atoms with Crippen molar-refractivity contribution in [3.05, 3.63) is 66.1 Å². The van der Waals surface area contributed by atoms with Crippen molar-refractivity contribution in [2.45, 2.75) is 25.5 Å². The predicted molar refractivity (Wildman–Crippen MR) is 118 cm³/mol. The van der Waals surface area contributed by atoms with Gasteiger partial charge in [-0.25, -0.2) is 4.98 Å². The van der Waals surface area contributed by atoms with E-state index in [2.05, 4.69) is 10.3 Å². The summed E-state index contributed by atoms with van der Waals surface area (Å²) < 4.78 is 7.85. The molecule has 1 N–H and O–H groups in total. The van der Waals surface area contributed by atoms with E-state index in [1.54, 1.807) is 0 Å². The Morgan fingerprint density at radius 1 is 1.24 bits per heavy atom. The van der Waals surface area contributed by atoms with Crippen LogP contribution >= 0.6 is 24.8 Å². The number of piperidine rings is 1. The lowest BCUT2D eigenvalue weighted by Crippen LogP contribution is -2.46. The van der Waals surface area contributed by atoms with E-state index < -0.39 is 0 Å². The topological polar surface area (TPSA) is 58.9 Å². The first kappa shape index (κ1) is 23.0. The molecule has 3 heterocycles. The van der Waals surface area contributed by atoms with Crippen LogP contribution in [0.4, 0.5) is 0 Å². The van der Waals surface area contributed by atoms with Crippen LogP contribution in [0, 0.1) is 0 Å². The quantitative estimate of drug-likeness (QED) is 0.663. The molecule has 3 aromatic rings. The summed E-state index contributed by atoms with van der Waals surface area (Å²) in [5, 5.41) is 3.27. The zero-order chi connectivity index (χ0) is 18.6. The Morgan fingerprint density at radius 2 is 2.10 bits per heavy atom. The lowest BCUT2D eigenvalue weighted by molar-refractivity contribution is 0.0697. The molecule has 0 aliphatic carbocycles. The van der Waals surface area contributed by atoms with Gasteiger partial charge in [0.05, 0.1) is 5.69 Å². The Labute approximate surface area is 183 Å². The van der Waals surface area contributed by atoms with Gasteiger partial charge in [-0.05, 0) is 50.2 Å². The largest absolute Gasteiger partial charge is 0.487 e. The molecule has 6 nitrogen and oxygen atoms in total. The number of carbonyl (C=O) groups is 1. The minimum absolute atomic E-state index is 0. The van der Waals surface area contributed by atoms with Gasteiger partial charge < -0.3 is 19.4 Å². The molecule has 2 aromatic heterocycles. The normalized spacial score (nSPS) is 16.0. The molecule has 1 fully saturated rings. The average molecular weight is 437 g/mol. The van der Waals surface area contributed by atoms with Gasteiger partial charge in [0, 0.05) is 37.1 Å². The molecule has 156 valence electrons. The zero-order valence-corrected chi connectivity index (χ0v) is 17.9. The summed E-state index contributed by atoms with van der Waals surface area (Å²) in [4.78, 5) is 19.3. The SMILES string of the molecule is CNC1CCCN(C(=O)c2cccc(OCc3cn4ccccc4n3)c2)C1.Cl.Cl. The van der Waals surface area contributed by atoms with Crippen molar-refractivity contribution >= 4 is 36.4 Å². The Hall–Kier alpha value is -2.28. The van der Waals surface area contributed by atoms with Gasteiger partial charge in [0.1, 0.15) is 18.0 Å². The summed E-state index contributed by atoms with van der Waals surface area (Å²) in [5.74, 6) is 0.744. The van der Waals surface area contributed by atoms with Crippen LogP contribution in [0.2, 0.25) is 0 Å². The zero-order valence-electron chi connectivity index (χ0n) is 16.3. The number of hydrogen-bond donors (Lipinski definition) is 1. The second-order valence-electron chi connectivity index (χ2n) is 6.89. The molecule has 1 atom stereocenters. The summed E-state index contributed by atoms with van der Waals surface area (Å²) >= 11 is 0. The van der Waals surface area contributed by atoms with Crippen LogP contribution in [0.5, 0.6) is 5.75 Å². The van der Waals surface area contributed by atoms with Crippen molar-refractivity contribution < 1.29 is 9.53 Å². The van der Waals surface area contributed by atoms with Crippen LogP contribution in [-0.4, -0.2) is 46.4 Å². The number of nitrogens with one attached hydrogen (secondary N) is 1. The van der Waals surface area contributed by atoms with Gasteiger partial charge in [-0.1, -0.05) is 12.1 Å². The molecule has 8 heteroatoms. The number of nitrogens with zero attached hydrogens (tertiary/aromatic N) is 3. The fraction of sp³-hybridized carbons (Fsp3) is 0.333. The highest BCUT2D eigenvalue weighted by molar-refractivity contribution is 5.94. The summed E-state index contributed by atoms with van der Waals surface area (Å²) in [6.07, 6.45) is 6.06. The Morgan fingerprint density at radius 3 is 2.90 bits per heavy atom.